The number of hydrogen-bond donors (Lipinski definition) is 5. The number of amides is 1. The van der Waals surface area contributed by atoms with Crippen LogP contribution in [0.4, 0.5) is 0 Å². The van der Waals surface area contributed by atoms with Crippen LogP contribution in [0.15, 0.2) is 0 Å². The Morgan fingerprint density at radius 1 is 1.33 bits per heavy atom. The Morgan fingerprint density at radius 2 is 1.80 bits per heavy atom. The summed E-state index contributed by atoms with van der Waals surface area (Å²) in [5, 5.41) is 29.4. The Bertz CT molecular complexity index is 191. The van der Waals surface area contributed by atoms with E-state index in [9.17, 15) is 4.79 Å². The SMILES string of the molecule is C[SH](I)CCC(=O)NC(CO)(CO)CO. The van der Waals surface area contributed by atoms with Crippen molar-refractivity contribution in [2.75, 3.05) is 31.8 Å². The number of aliphatic hydroxyl groups excluding tert-OH is 3. The molecule has 0 fully saturated rings. The van der Waals surface area contributed by atoms with Crippen LogP contribution in [0.5, 0.6) is 0 Å². The standard InChI is InChI=1S/C8H18INO4S/c1-15(9)3-2-7(14)10-8(4-11,5-12)6-13/h11-13,15H,2-6H2,1H3,(H,10,14). The van der Waals surface area contributed by atoms with Gasteiger partial charge in [0, 0.05) is 6.42 Å². The fourth-order valence-corrected chi connectivity index (χ4v) is 2.12. The second kappa shape index (κ2) is 7.66. The highest BCUT2D eigenvalue weighted by Crippen LogP contribution is 2.30. The van der Waals surface area contributed by atoms with Gasteiger partial charge in [0.15, 0.2) is 0 Å². The number of thiol groups is 1. The average molecular weight is 351 g/mol. The first kappa shape index (κ1) is 15.4. The van der Waals surface area contributed by atoms with Gasteiger partial charge in [0.05, 0.1) is 19.8 Å². The minimum absolute atomic E-state index is 0.166. The lowest BCUT2D eigenvalue weighted by molar-refractivity contribution is -0.124. The zero-order valence-corrected chi connectivity index (χ0v) is 11.7. The summed E-state index contributed by atoms with van der Waals surface area (Å²) in [5.74, 6) is 0.540. The molecule has 4 N–H and O–H groups in total. The molecule has 0 radical (unpaired) electrons. The molecule has 0 aromatic carbocycles. The molecule has 0 aliphatic rings. The number of aliphatic hydroxyl groups is 3. The predicted octanol–water partition coefficient (Wildman–Crippen LogP) is -0.811. The third kappa shape index (κ3) is 5.91. The number of rotatable bonds is 7. The minimum Gasteiger partial charge on any atom is -0.394 e. The molecule has 1 atom stereocenters. The van der Waals surface area contributed by atoms with Crippen LogP contribution < -0.4 is 5.32 Å². The number of carbonyl (C=O) groups is 1. The quantitative estimate of drug-likeness (QED) is 0.307. The molecule has 92 valence electrons. The van der Waals surface area contributed by atoms with Crippen LogP contribution in [0.25, 0.3) is 0 Å². The van der Waals surface area contributed by atoms with E-state index in [-0.39, 0.29) is 14.0 Å². The van der Waals surface area contributed by atoms with Gasteiger partial charge in [-0.1, -0.05) is 0 Å². The summed E-state index contributed by atoms with van der Waals surface area (Å²) in [6.45, 7) is -1.43. The van der Waals surface area contributed by atoms with E-state index < -0.39 is 25.4 Å². The molecule has 0 saturated carbocycles. The molecule has 0 heterocycles. The van der Waals surface area contributed by atoms with E-state index in [0.717, 1.165) is 5.75 Å². The summed E-state index contributed by atoms with van der Waals surface area (Å²) in [6, 6.07) is 0. The lowest BCUT2D eigenvalue weighted by Crippen LogP contribution is -2.57. The van der Waals surface area contributed by atoms with Gasteiger partial charge in [-0.2, -0.15) is 0 Å². The molecule has 0 aromatic heterocycles. The van der Waals surface area contributed by atoms with Crippen molar-refractivity contribution >= 4 is 35.2 Å². The van der Waals surface area contributed by atoms with Crippen molar-refractivity contribution in [2.45, 2.75) is 12.0 Å². The maximum Gasteiger partial charge on any atom is 0.221 e. The Hall–Kier alpha value is 0.430. The largest absolute Gasteiger partial charge is 0.394 e. The van der Waals surface area contributed by atoms with E-state index in [1.54, 1.807) is 0 Å². The maximum atomic E-state index is 11.4. The lowest BCUT2D eigenvalue weighted by atomic mass is 10.0. The Balaban J connectivity index is 4.11. The molecule has 0 aliphatic carbocycles. The monoisotopic (exact) mass is 351 g/mol. The van der Waals surface area contributed by atoms with E-state index in [4.69, 9.17) is 15.3 Å². The second-order valence-corrected chi connectivity index (χ2v) is 9.98. The van der Waals surface area contributed by atoms with E-state index in [2.05, 4.69) is 32.8 Å². The molecule has 0 rings (SSSR count). The van der Waals surface area contributed by atoms with E-state index >= 15 is 0 Å². The zero-order valence-electron chi connectivity index (χ0n) is 8.61. The minimum atomic E-state index is -1.29. The molecule has 7 heteroatoms. The predicted molar refractivity (Wildman–Crippen MR) is 70.5 cm³/mol. The van der Waals surface area contributed by atoms with Gasteiger partial charge in [0.25, 0.3) is 0 Å². The maximum absolute atomic E-state index is 11.4. The van der Waals surface area contributed by atoms with Crippen LogP contribution >= 0.6 is 29.3 Å². The number of nitrogens with one attached hydrogen (secondary N) is 1. The first-order chi connectivity index (χ1) is 6.99. The highest BCUT2D eigenvalue weighted by molar-refractivity contribution is 14.2. The van der Waals surface area contributed by atoms with Gasteiger partial charge in [-0.25, -0.2) is 8.07 Å². The van der Waals surface area contributed by atoms with Crippen molar-refractivity contribution in [1.82, 2.24) is 5.32 Å². The Morgan fingerprint density at radius 3 is 2.13 bits per heavy atom. The highest BCUT2D eigenvalue weighted by Gasteiger charge is 2.29. The molecule has 5 nitrogen and oxygen atoms in total. The van der Waals surface area contributed by atoms with Gasteiger partial charge in [0.2, 0.25) is 5.91 Å². The first-order valence-electron chi connectivity index (χ1n) is 4.50. The van der Waals surface area contributed by atoms with Crippen molar-refractivity contribution in [3.63, 3.8) is 0 Å². The molecular weight excluding hydrogens is 333 g/mol. The summed E-state index contributed by atoms with van der Waals surface area (Å²) in [7, 11) is -0.166. The molecule has 1 unspecified atom stereocenters. The fourth-order valence-electron chi connectivity index (χ4n) is 0.882. The normalized spacial score (nSPS) is 14.9. The molecule has 0 bridgehead atoms. The number of halogens is 1. The number of carbonyl (C=O) groups excluding carboxylic acids is 1. The summed E-state index contributed by atoms with van der Waals surface area (Å²) in [4.78, 5) is 11.4. The zero-order chi connectivity index (χ0) is 11.9. The van der Waals surface area contributed by atoms with Crippen LogP contribution in [0.1, 0.15) is 6.42 Å². The third-order valence-corrected chi connectivity index (χ3v) is 4.25. The molecule has 0 saturated heterocycles. The molecule has 15 heavy (non-hydrogen) atoms. The van der Waals surface area contributed by atoms with Crippen LogP contribution in [0, 0.1) is 0 Å². The molecule has 0 aliphatic heterocycles. The van der Waals surface area contributed by atoms with Gasteiger partial charge in [-0.15, -0.1) is 0 Å². The van der Waals surface area contributed by atoms with Crippen LogP contribution in [-0.2, 0) is 4.79 Å². The van der Waals surface area contributed by atoms with Gasteiger partial charge in [0.1, 0.15) is 5.54 Å². The van der Waals surface area contributed by atoms with Gasteiger partial charge >= 0.3 is 0 Å². The van der Waals surface area contributed by atoms with Gasteiger partial charge in [-0.3, -0.25) is 4.79 Å². The fraction of sp³-hybridized carbons (Fsp3) is 0.875. The summed E-state index contributed by atoms with van der Waals surface area (Å²) < 4.78 is 0. The van der Waals surface area contributed by atoms with Crippen molar-refractivity contribution < 1.29 is 20.1 Å². The summed E-state index contributed by atoms with van der Waals surface area (Å²) >= 11 is 2.28. The van der Waals surface area contributed by atoms with Crippen LogP contribution in [0.3, 0.4) is 0 Å². The first-order valence-corrected chi connectivity index (χ1v) is 9.26. The molecule has 1 amide bonds. The second-order valence-electron chi connectivity index (χ2n) is 3.38. The van der Waals surface area contributed by atoms with E-state index in [0.29, 0.717) is 6.42 Å². The van der Waals surface area contributed by atoms with Gasteiger partial charge in [-0.05, 0) is 33.2 Å². The Kier molecular flexibility index (Phi) is 7.88. The summed E-state index contributed by atoms with van der Waals surface area (Å²) in [6.07, 6.45) is 2.41. The lowest BCUT2D eigenvalue weighted by Gasteiger charge is -2.28. The molecule has 0 aromatic rings. The average Bonchev–Trinajstić information content (AvgIpc) is 2.23. The third-order valence-electron chi connectivity index (χ3n) is 1.96. The van der Waals surface area contributed by atoms with Crippen molar-refractivity contribution in [1.29, 1.82) is 0 Å². The van der Waals surface area contributed by atoms with E-state index in [1.807, 2.05) is 0 Å². The van der Waals surface area contributed by atoms with Crippen molar-refractivity contribution in [3.05, 3.63) is 0 Å². The smallest absolute Gasteiger partial charge is 0.221 e. The molecular formula is C8H18INO4S. The van der Waals surface area contributed by atoms with Crippen molar-refractivity contribution in [2.24, 2.45) is 0 Å². The molecule has 0 spiro atoms. The Labute approximate surface area is 104 Å². The van der Waals surface area contributed by atoms with E-state index in [1.165, 1.54) is 0 Å². The van der Waals surface area contributed by atoms with Gasteiger partial charge < -0.3 is 20.6 Å². The highest BCUT2D eigenvalue weighted by atomic mass is 127. The van der Waals surface area contributed by atoms with Crippen LogP contribution in [-0.4, -0.2) is 58.6 Å². The van der Waals surface area contributed by atoms with Crippen LogP contribution in [0.2, 0.25) is 0 Å². The summed E-state index contributed by atoms with van der Waals surface area (Å²) in [5.41, 5.74) is -1.29. The van der Waals surface area contributed by atoms with Crippen molar-refractivity contribution in [3.8, 4) is 0 Å². The topological polar surface area (TPSA) is 89.8 Å². The number of hydrogen-bond acceptors (Lipinski definition) is 4.